The number of rotatable bonds is 6. The minimum atomic E-state index is 0.530. The molecular formula is C13H18ClNO. The predicted molar refractivity (Wildman–Crippen MR) is 66.3 cm³/mol. The summed E-state index contributed by atoms with van der Waals surface area (Å²) < 4.78 is 5.61. The van der Waals surface area contributed by atoms with Crippen LogP contribution in [-0.2, 0) is 17.9 Å². The van der Waals surface area contributed by atoms with E-state index in [1.165, 1.54) is 19.3 Å². The number of hydrogen-bond acceptors (Lipinski definition) is 2. The molecule has 1 aromatic rings. The Morgan fingerprint density at radius 3 is 2.81 bits per heavy atom. The lowest BCUT2D eigenvalue weighted by molar-refractivity contribution is 0.115. The minimum absolute atomic E-state index is 0.530. The first kappa shape index (κ1) is 11.9. The molecule has 1 fully saturated rings. The van der Waals surface area contributed by atoms with E-state index in [4.69, 9.17) is 22.1 Å². The number of halogens is 1. The quantitative estimate of drug-likeness (QED) is 0.775. The van der Waals surface area contributed by atoms with Gasteiger partial charge < -0.3 is 10.5 Å². The van der Waals surface area contributed by atoms with Crippen LogP contribution in [0.2, 0.25) is 5.02 Å². The van der Waals surface area contributed by atoms with E-state index in [0.717, 1.165) is 28.7 Å². The Morgan fingerprint density at radius 1 is 1.38 bits per heavy atom. The van der Waals surface area contributed by atoms with Crippen molar-refractivity contribution < 1.29 is 4.74 Å². The Kier molecular flexibility index (Phi) is 4.22. The molecule has 2 N–H and O–H groups in total. The molecule has 0 atom stereocenters. The second-order valence-electron chi connectivity index (χ2n) is 4.41. The first-order valence-corrected chi connectivity index (χ1v) is 6.22. The third kappa shape index (κ3) is 3.48. The van der Waals surface area contributed by atoms with Gasteiger partial charge in [-0.1, -0.05) is 36.6 Å². The van der Waals surface area contributed by atoms with Gasteiger partial charge in [0.25, 0.3) is 0 Å². The molecule has 0 aliphatic heterocycles. The SMILES string of the molecule is NCc1ccc(COCCC2CC2)c(Cl)c1. The molecule has 1 aromatic carbocycles. The monoisotopic (exact) mass is 239 g/mol. The Bertz CT molecular complexity index is 350. The van der Waals surface area contributed by atoms with Crippen LogP contribution in [0, 0.1) is 5.92 Å². The normalized spacial score (nSPS) is 15.4. The van der Waals surface area contributed by atoms with Gasteiger partial charge in [-0.15, -0.1) is 0 Å². The van der Waals surface area contributed by atoms with Crippen LogP contribution < -0.4 is 5.73 Å². The molecule has 0 saturated heterocycles. The Hall–Kier alpha value is -0.570. The summed E-state index contributed by atoms with van der Waals surface area (Å²) >= 11 is 6.13. The van der Waals surface area contributed by atoms with Crippen LogP contribution in [0.5, 0.6) is 0 Å². The van der Waals surface area contributed by atoms with Crippen molar-refractivity contribution in [2.75, 3.05) is 6.61 Å². The van der Waals surface area contributed by atoms with Crippen molar-refractivity contribution in [2.24, 2.45) is 11.7 Å². The second kappa shape index (κ2) is 5.67. The van der Waals surface area contributed by atoms with Crippen LogP contribution in [0.3, 0.4) is 0 Å². The van der Waals surface area contributed by atoms with Crippen molar-refractivity contribution in [1.29, 1.82) is 0 Å². The van der Waals surface area contributed by atoms with E-state index < -0.39 is 0 Å². The summed E-state index contributed by atoms with van der Waals surface area (Å²) in [7, 11) is 0. The van der Waals surface area contributed by atoms with E-state index in [2.05, 4.69) is 0 Å². The van der Waals surface area contributed by atoms with Crippen molar-refractivity contribution in [2.45, 2.75) is 32.4 Å². The first-order chi connectivity index (χ1) is 7.79. The molecule has 0 heterocycles. The van der Waals surface area contributed by atoms with E-state index >= 15 is 0 Å². The maximum Gasteiger partial charge on any atom is 0.0731 e. The largest absolute Gasteiger partial charge is 0.377 e. The lowest BCUT2D eigenvalue weighted by Gasteiger charge is -2.07. The van der Waals surface area contributed by atoms with E-state index in [0.29, 0.717) is 13.2 Å². The van der Waals surface area contributed by atoms with Gasteiger partial charge in [-0.25, -0.2) is 0 Å². The van der Waals surface area contributed by atoms with Crippen molar-refractivity contribution >= 4 is 11.6 Å². The summed E-state index contributed by atoms with van der Waals surface area (Å²) in [6.07, 6.45) is 3.96. The summed E-state index contributed by atoms with van der Waals surface area (Å²) in [6.45, 7) is 1.98. The molecule has 0 spiro atoms. The highest BCUT2D eigenvalue weighted by Crippen LogP contribution is 2.32. The molecule has 1 aliphatic rings. The van der Waals surface area contributed by atoms with Gasteiger partial charge in [-0.2, -0.15) is 0 Å². The fourth-order valence-electron chi connectivity index (χ4n) is 1.67. The zero-order valence-electron chi connectivity index (χ0n) is 9.42. The van der Waals surface area contributed by atoms with Gasteiger partial charge in [-0.05, 0) is 29.5 Å². The summed E-state index contributed by atoms with van der Waals surface area (Å²) in [6, 6.07) is 5.92. The number of nitrogens with two attached hydrogens (primary N) is 1. The molecule has 0 radical (unpaired) electrons. The lowest BCUT2D eigenvalue weighted by Crippen LogP contribution is -1.99. The van der Waals surface area contributed by atoms with Crippen molar-refractivity contribution in [3.05, 3.63) is 34.3 Å². The third-order valence-electron chi connectivity index (χ3n) is 2.98. The maximum absolute atomic E-state index is 6.13. The van der Waals surface area contributed by atoms with Crippen molar-refractivity contribution in [3.63, 3.8) is 0 Å². The Balaban J connectivity index is 1.78. The highest BCUT2D eigenvalue weighted by molar-refractivity contribution is 6.31. The predicted octanol–water partition coefficient (Wildman–Crippen LogP) is 3.12. The van der Waals surface area contributed by atoms with Crippen LogP contribution in [0.4, 0.5) is 0 Å². The summed E-state index contributed by atoms with van der Waals surface area (Å²) in [5.74, 6) is 0.926. The number of benzene rings is 1. The molecule has 0 unspecified atom stereocenters. The molecule has 3 heteroatoms. The van der Waals surface area contributed by atoms with Crippen LogP contribution in [0.15, 0.2) is 18.2 Å². The van der Waals surface area contributed by atoms with Crippen LogP contribution in [0.25, 0.3) is 0 Å². The highest BCUT2D eigenvalue weighted by Gasteiger charge is 2.20. The summed E-state index contributed by atoms with van der Waals surface area (Å²) in [5, 5.41) is 0.759. The van der Waals surface area contributed by atoms with Gasteiger partial charge >= 0.3 is 0 Å². The molecule has 2 rings (SSSR count). The molecular weight excluding hydrogens is 222 g/mol. The zero-order valence-corrected chi connectivity index (χ0v) is 10.2. The van der Waals surface area contributed by atoms with Gasteiger partial charge in [0.05, 0.1) is 6.61 Å². The van der Waals surface area contributed by atoms with E-state index in [1.807, 2.05) is 18.2 Å². The molecule has 0 aromatic heterocycles. The molecule has 1 aliphatic carbocycles. The molecule has 2 nitrogen and oxygen atoms in total. The second-order valence-corrected chi connectivity index (χ2v) is 4.82. The number of ether oxygens (including phenoxy) is 1. The average molecular weight is 240 g/mol. The van der Waals surface area contributed by atoms with Crippen LogP contribution >= 0.6 is 11.6 Å². The number of hydrogen-bond donors (Lipinski definition) is 1. The van der Waals surface area contributed by atoms with E-state index in [-0.39, 0.29) is 0 Å². The van der Waals surface area contributed by atoms with Crippen LogP contribution in [0.1, 0.15) is 30.4 Å². The Morgan fingerprint density at radius 2 is 2.19 bits per heavy atom. The molecule has 0 amide bonds. The van der Waals surface area contributed by atoms with E-state index in [9.17, 15) is 0 Å². The standard InChI is InChI=1S/C13H18ClNO/c14-13-7-11(8-15)3-4-12(13)9-16-6-5-10-1-2-10/h3-4,7,10H,1-2,5-6,8-9,15H2. The molecule has 1 saturated carbocycles. The average Bonchev–Trinajstić information content (AvgIpc) is 3.10. The van der Waals surface area contributed by atoms with Gasteiger partial charge in [0.15, 0.2) is 0 Å². The van der Waals surface area contributed by atoms with Crippen molar-refractivity contribution in [3.8, 4) is 0 Å². The third-order valence-corrected chi connectivity index (χ3v) is 3.33. The van der Waals surface area contributed by atoms with Crippen LogP contribution in [-0.4, -0.2) is 6.61 Å². The Labute approximate surface area is 102 Å². The first-order valence-electron chi connectivity index (χ1n) is 5.84. The van der Waals surface area contributed by atoms with Gasteiger partial charge in [-0.3, -0.25) is 0 Å². The fraction of sp³-hybridized carbons (Fsp3) is 0.538. The maximum atomic E-state index is 6.13. The van der Waals surface area contributed by atoms with Crippen molar-refractivity contribution in [1.82, 2.24) is 0 Å². The molecule has 0 bridgehead atoms. The smallest absolute Gasteiger partial charge is 0.0731 e. The topological polar surface area (TPSA) is 35.2 Å². The van der Waals surface area contributed by atoms with Gasteiger partial charge in [0.2, 0.25) is 0 Å². The molecule has 16 heavy (non-hydrogen) atoms. The summed E-state index contributed by atoms with van der Waals surface area (Å²) in [4.78, 5) is 0. The zero-order chi connectivity index (χ0) is 11.4. The summed E-state index contributed by atoms with van der Waals surface area (Å²) in [5.41, 5.74) is 7.65. The minimum Gasteiger partial charge on any atom is -0.377 e. The van der Waals surface area contributed by atoms with Gasteiger partial charge in [0, 0.05) is 18.2 Å². The highest BCUT2D eigenvalue weighted by atomic mass is 35.5. The fourth-order valence-corrected chi connectivity index (χ4v) is 1.93. The van der Waals surface area contributed by atoms with Gasteiger partial charge in [0.1, 0.15) is 0 Å². The van der Waals surface area contributed by atoms with E-state index in [1.54, 1.807) is 0 Å². The molecule has 88 valence electrons. The lowest BCUT2D eigenvalue weighted by atomic mass is 10.1.